The second kappa shape index (κ2) is 4.93. The van der Waals surface area contributed by atoms with Crippen LogP contribution in [0.25, 0.3) is 10.8 Å². The molecule has 0 aliphatic rings. The first-order valence-corrected chi connectivity index (χ1v) is 6.93. The standard InChI is InChI=1S/C13H12N4O2S/c1-7(10-5-14-6-20-10)15-9-4-2-3-8-11(9)13(19)17-16-12(8)18/h2-7,15H,1H3,(H,16,18)(H,17,19). The minimum Gasteiger partial charge on any atom is -0.377 e. The van der Waals surface area contributed by atoms with Crippen molar-refractivity contribution in [3.05, 3.63) is 55.5 Å². The van der Waals surface area contributed by atoms with E-state index in [0.717, 1.165) is 4.88 Å². The van der Waals surface area contributed by atoms with Crippen molar-refractivity contribution in [1.29, 1.82) is 0 Å². The number of benzene rings is 1. The molecular weight excluding hydrogens is 276 g/mol. The Hall–Kier alpha value is -2.41. The SMILES string of the molecule is CC(Nc1cccc2c(=O)[nH][nH]c(=O)c12)c1cncs1. The zero-order valence-electron chi connectivity index (χ0n) is 10.6. The molecule has 3 aromatic rings. The van der Waals surface area contributed by atoms with Crippen molar-refractivity contribution < 1.29 is 0 Å². The number of fused-ring (bicyclic) bond motifs is 1. The number of anilines is 1. The van der Waals surface area contributed by atoms with E-state index in [4.69, 9.17) is 0 Å². The predicted molar refractivity (Wildman–Crippen MR) is 79.3 cm³/mol. The summed E-state index contributed by atoms with van der Waals surface area (Å²) < 4.78 is 0. The molecule has 0 spiro atoms. The Balaban J connectivity index is 2.11. The van der Waals surface area contributed by atoms with Crippen LogP contribution in [0.4, 0.5) is 5.69 Å². The van der Waals surface area contributed by atoms with E-state index in [1.54, 1.807) is 29.9 Å². The Bertz CT molecular complexity index is 851. The van der Waals surface area contributed by atoms with E-state index < -0.39 is 0 Å². The molecule has 3 N–H and O–H groups in total. The Kier molecular flexibility index (Phi) is 3.11. The highest BCUT2D eigenvalue weighted by atomic mass is 32.1. The van der Waals surface area contributed by atoms with Gasteiger partial charge in [-0.2, -0.15) is 0 Å². The summed E-state index contributed by atoms with van der Waals surface area (Å²) in [5.41, 5.74) is 1.76. The smallest absolute Gasteiger partial charge is 0.272 e. The van der Waals surface area contributed by atoms with Crippen LogP contribution in [0.5, 0.6) is 0 Å². The third kappa shape index (κ3) is 2.12. The molecule has 0 radical (unpaired) electrons. The average Bonchev–Trinajstić information content (AvgIpc) is 2.97. The maximum atomic E-state index is 11.9. The molecule has 0 saturated carbocycles. The molecule has 0 saturated heterocycles. The Labute approximate surface area is 117 Å². The average molecular weight is 288 g/mol. The topological polar surface area (TPSA) is 90.6 Å². The zero-order valence-corrected chi connectivity index (χ0v) is 11.5. The Morgan fingerprint density at radius 2 is 2.05 bits per heavy atom. The van der Waals surface area contributed by atoms with Crippen molar-refractivity contribution in [2.24, 2.45) is 0 Å². The minimum absolute atomic E-state index is 0.00628. The van der Waals surface area contributed by atoms with Gasteiger partial charge in [0.05, 0.1) is 22.3 Å². The number of aromatic amines is 2. The lowest BCUT2D eigenvalue weighted by molar-refractivity contribution is 0.904. The third-order valence-electron chi connectivity index (χ3n) is 3.08. The molecule has 6 nitrogen and oxygen atoms in total. The van der Waals surface area contributed by atoms with Crippen LogP contribution < -0.4 is 16.4 Å². The first-order chi connectivity index (χ1) is 9.66. The summed E-state index contributed by atoms with van der Waals surface area (Å²) in [6, 6.07) is 5.17. The number of nitrogens with zero attached hydrogens (tertiary/aromatic N) is 1. The highest BCUT2D eigenvalue weighted by Crippen LogP contribution is 2.24. The first kappa shape index (κ1) is 12.6. The van der Waals surface area contributed by atoms with Crippen LogP contribution in [0, 0.1) is 0 Å². The summed E-state index contributed by atoms with van der Waals surface area (Å²) in [5.74, 6) is 0. The number of aromatic nitrogens is 3. The summed E-state index contributed by atoms with van der Waals surface area (Å²) in [4.78, 5) is 28.8. The van der Waals surface area contributed by atoms with E-state index in [1.165, 1.54) is 11.3 Å². The zero-order chi connectivity index (χ0) is 14.1. The summed E-state index contributed by atoms with van der Waals surface area (Å²) >= 11 is 1.54. The second-order valence-corrected chi connectivity index (χ2v) is 5.32. The highest BCUT2D eigenvalue weighted by molar-refractivity contribution is 7.09. The molecule has 1 aromatic carbocycles. The van der Waals surface area contributed by atoms with Gasteiger partial charge in [0.2, 0.25) is 0 Å². The van der Waals surface area contributed by atoms with E-state index in [2.05, 4.69) is 20.5 Å². The van der Waals surface area contributed by atoms with Gasteiger partial charge >= 0.3 is 0 Å². The van der Waals surface area contributed by atoms with Gasteiger partial charge < -0.3 is 5.32 Å². The van der Waals surface area contributed by atoms with Crippen molar-refractivity contribution in [2.75, 3.05) is 5.32 Å². The number of rotatable bonds is 3. The molecule has 0 fully saturated rings. The van der Waals surface area contributed by atoms with Gasteiger partial charge in [0.25, 0.3) is 11.1 Å². The van der Waals surface area contributed by atoms with E-state index in [1.807, 2.05) is 6.92 Å². The van der Waals surface area contributed by atoms with Gasteiger partial charge in [0.1, 0.15) is 0 Å². The number of thiazole rings is 1. The van der Waals surface area contributed by atoms with Crippen LogP contribution in [0.3, 0.4) is 0 Å². The normalized spacial score (nSPS) is 12.4. The quantitative estimate of drug-likeness (QED) is 0.686. The van der Waals surface area contributed by atoms with Gasteiger partial charge in [0, 0.05) is 16.8 Å². The van der Waals surface area contributed by atoms with Gasteiger partial charge in [-0.05, 0) is 19.1 Å². The molecule has 0 aliphatic heterocycles. The predicted octanol–water partition coefficient (Wildman–Crippen LogP) is 1.85. The fourth-order valence-electron chi connectivity index (χ4n) is 2.09. The molecule has 20 heavy (non-hydrogen) atoms. The lowest BCUT2D eigenvalue weighted by Gasteiger charge is -2.14. The van der Waals surface area contributed by atoms with Gasteiger partial charge in [-0.1, -0.05) is 6.07 Å². The molecule has 2 heterocycles. The van der Waals surface area contributed by atoms with Crippen LogP contribution in [-0.2, 0) is 0 Å². The van der Waals surface area contributed by atoms with Crippen molar-refractivity contribution in [3.8, 4) is 0 Å². The van der Waals surface area contributed by atoms with Gasteiger partial charge in [-0.25, -0.2) is 0 Å². The number of H-pyrrole nitrogens is 2. The monoisotopic (exact) mass is 288 g/mol. The lowest BCUT2D eigenvalue weighted by Crippen LogP contribution is -2.20. The number of hydrogen-bond donors (Lipinski definition) is 3. The molecule has 0 amide bonds. The molecule has 3 rings (SSSR count). The molecule has 7 heteroatoms. The third-order valence-corrected chi connectivity index (χ3v) is 4.03. The molecular formula is C13H12N4O2S. The lowest BCUT2D eigenvalue weighted by atomic mass is 10.1. The van der Waals surface area contributed by atoms with Crippen LogP contribution in [0.15, 0.2) is 39.5 Å². The second-order valence-electron chi connectivity index (χ2n) is 4.41. The summed E-state index contributed by atoms with van der Waals surface area (Å²) in [7, 11) is 0. The van der Waals surface area contributed by atoms with Crippen molar-refractivity contribution >= 4 is 27.8 Å². The maximum absolute atomic E-state index is 11.9. The molecule has 1 atom stereocenters. The van der Waals surface area contributed by atoms with Crippen LogP contribution in [-0.4, -0.2) is 15.2 Å². The molecule has 1 unspecified atom stereocenters. The van der Waals surface area contributed by atoms with Gasteiger partial charge in [0.15, 0.2) is 0 Å². The molecule has 0 aliphatic carbocycles. The molecule has 102 valence electrons. The van der Waals surface area contributed by atoms with E-state index in [-0.39, 0.29) is 17.2 Å². The summed E-state index contributed by atoms with van der Waals surface area (Å²) in [5, 5.41) is 8.66. The van der Waals surface area contributed by atoms with Crippen LogP contribution in [0.1, 0.15) is 17.8 Å². The van der Waals surface area contributed by atoms with E-state index in [0.29, 0.717) is 16.5 Å². The molecule has 2 aromatic heterocycles. The summed E-state index contributed by atoms with van der Waals surface area (Å²) in [6.45, 7) is 1.98. The number of nitrogens with one attached hydrogen (secondary N) is 3. The summed E-state index contributed by atoms with van der Waals surface area (Å²) in [6.07, 6.45) is 1.78. The minimum atomic E-state index is -0.320. The van der Waals surface area contributed by atoms with E-state index >= 15 is 0 Å². The van der Waals surface area contributed by atoms with Crippen molar-refractivity contribution in [2.45, 2.75) is 13.0 Å². The number of hydrogen-bond acceptors (Lipinski definition) is 5. The fraction of sp³-hybridized carbons (Fsp3) is 0.154. The van der Waals surface area contributed by atoms with Crippen LogP contribution >= 0.6 is 11.3 Å². The van der Waals surface area contributed by atoms with Crippen LogP contribution in [0.2, 0.25) is 0 Å². The first-order valence-electron chi connectivity index (χ1n) is 6.05. The largest absolute Gasteiger partial charge is 0.377 e. The Morgan fingerprint density at radius 1 is 1.25 bits per heavy atom. The highest BCUT2D eigenvalue weighted by Gasteiger charge is 2.12. The van der Waals surface area contributed by atoms with E-state index in [9.17, 15) is 9.59 Å². The maximum Gasteiger partial charge on any atom is 0.272 e. The fourth-order valence-corrected chi connectivity index (χ4v) is 2.72. The molecule has 0 bridgehead atoms. The Morgan fingerprint density at radius 3 is 2.80 bits per heavy atom. The van der Waals surface area contributed by atoms with Crippen molar-refractivity contribution in [1.82, 2.24) is 15.2 Å². The van der Waals surface area contributed by atoms with Gasteiger partial charge in [-0.3, -0.25) is 24.8 Å². The van der Waals surface area contributed by atoms with Gasteiger partial charge in [-0.15, -0.1) is 11.3 Å². The van der Waals surface area contributed by atoms with Crippen molar-refractivity contribution in [3.63, 3.8) is 0 Å².